The number of anilines is 1. The van der Waals surface area contributed by atoms with Gasteiger partial charge >= 0.3 is 0 Å². The quantitative estimate of drug-likeness (QED) is 0.190. The van der Waals surface area contributed by atoms with E-state index in [1.807, 2.05) is 54.2 Å². The van der Waals surface area contributed by atoms with Crippen LogP contribution in [0.3, 0.4) is 0 Å². The largest absolute Gasteiger partial charge is 0.360 e. The van der Waals surface area contributed by atoms with Gasteiger partial charge in [0.1, 0.15) is 5.03 Å². The lowest BCUT2D eigenvalue weighted by Gasteiger charge is -2.38. The van der Waals surface area contributed by atoms with Gasteiger partial charge in [-0.3, -0.25) is 4.90 Å². The van der Waals surface area contributed by atoms with Gasteiger partial charge in [-0.1, -0.05) is 120 Å². The zero-order valence-corrected chi connectivity index (χ0v) is 25.9. The van der Waals surface area contributed by atoms with Crippen LogP contribution in [-0.2, 0) is 10.6 Å². The van der Waals surface area contributed by atoms with Crippen molar-refractivity contribution in [3.8, 4) is 0 Å². The van der Waals surface area contributed by atoms with E-state index in [1.54, 1.807) is 11.8 Å². The summed E-state index contributed by atoms with van der Waals surface area (Å²) in [5.74, 6) is 0.782. The molecule has 214 valence electrons. The number of hydrogen-bond donors (Lipinski definition) is 0. The van der Waals surface area contributed by atoms with Crippen molar-refractivity contribution in [3.63, 3.8) is 0 Å². The number of pyridine rings is 1. The monoisotopic (exact) mass is 627 g/mol. The Morgan fingerprint density at radius 1 is 0.795 bits per heavy atom. The Balaban J connectivity index is 1.34. The molecule has 5 aromatic carbocycles. The summed E-state index contributed by atoms with van der Waals surface area (Å²) in [6.07, 6.45) is 0.621. The molecule has 8 rings (SSSR count). The second-order valence-electron chi connectivity index (χ2n) is 10.8. The highest BCUT2D eigenvalue weighted by atomic mass is 35.5. The fourth-order valence-corrected chi connectivity index (χ4v) is 8.52. The maximum atomic E-state index is 6.70. The van der Waals surface area contributed by atoms with Crippen molar-refractivity contribution >= 4 is 57.6 Å². The number of aromatic nitrogens is 1. The number of benzene rings is 5. The zero-order valence-electron chi connectivity index (χ0n) is 23.5. The number of hydrogen-bond acceptors (Lipinski definition) is 6. The van der Waals surface area contributed by atoms with Crippen molar-refractivity contribution in [2.75, 3.05) is 4.90 Å². The van der Waals surface area contributed by atoms with Crippen molar-refractivity contribution in [3.05, 3.63) is 161 Å². The Labute approximate surface area is 269 Å². The summed E-state index contributed by atoms with van der Waals surface area (Å²) < 4.78 is 0. The van der Waals surface area contributed by atoms with Gasteiger partial charge in [0.05, 0.1) is 11.2 Å². The number of halogens is 1. The minimum atomic E-state index is -0.916. The van der Waals surface area contributed by atoms with Gasteiger partial charge in [-0.25, -0.2) is 4.98 Å². The van der Waals surface area contributed by atoms with E-state index in [-0.39, 0.29) is 5.25 Å². The van der Waals surface area contributed by atoms with E-state index in [0.717, 1.165) is 48.4 Å². The summed E-state index contributed by atoms with van der Waals surface area (Å²) in [7, 11) is 0. The van der Waals surface area contributed by atoms with Crippen LogP contribution in [0.5, 0.6) is 0 Å². The SMILES string of the molecule is Clc1ccc(C23CC(c4cc5ccccc5nc4Sc4ccccc4)Sc4ccccc4N2C(c2ccccc2)=NO3)cc1. The molecule has 0 saturated carbocycles. The van der Waals surface area contributed by atoms with E-state index in [0.29, 0.717) is 11.4 Å². The summed E-state index contributed by atoms with van der Waals surface area (Å²) in [4.78, 5) is 16.5. The van der Waals surface area contributed by atoms with Crippen molar-refractivity contribution in [1.29, 1.82) is 0 Å². The molecular formula is C37H26ClN3OS2. The van der Waals surface area contributed by atoms with Gasteiger partial charge in [-0.05, 0) is 54.1 Å². The molecule has 1 aromatic heterocycles. The third kappa shape index (κ3) is 4.84. The highest BCUT2D eigenvalue weighted by Crippen LogP contribution is 2.57. The number of rotatable bonds is 5. The summed E-state index contributed by atoms with van der Waals surface area (Å²) in [5.41, 5.74) is 4.28. The maximum absolute atomic E-state index is 6.70. The van der Waals surface area contributed by atoms with Crippen molar-refractivity contribution in [1.82, 2.24) is 4.98 Å². The molecular weight excluding hydrogens is 602 g/mol. The molecule has 0 radical (unpaired) electrons. The number of para-hydroxylation sites is 2. The van der Waals surface area contributed by atoms with Crippen molar-refractivity contribution in [2.24, 2.45) is 5.16 Å². The first-order valence-electron chi connectivity index (χ1n) is 14.4. The fraction of sp³-hybridized carbons (Fsp3) is 0.0811. The molecule has 6 aromatic rings. The highest BCUT2D eigenvalue weighted by Gasteiger charge is 2.53. The number of fused-ring (bicyclic) bond motifs is 4. The van der Waals surface area contributed by atoms with Crippen LogP contribution in [0, 0.1) is 0 Å². The summed E-state index contributed by atoms with van der Waals surface area (Å²) in [6.45, 7) is 0. The Morgan fingerprint density at radius 2 is 1.50 bits per heavy atom. The molecule has 2 unspecified atom stereocenters. The first kappa shape index (κ1) is 27.3. The number of oxime groups is 1. The highest BCUT2D eigenvalue weighted by molar-refractivity contribution is 8.00. The van der Waals surface area contributed by atoms with Crippen LogP contribution in [0.25, 0.3) is 10.9 Å². The normalized spacial score (nSPS) is 19.1. The zero-order chi connectivity index (χ0) is 29.5. The smallest absolute Gasteiger partial charge is 0.242 e. The standard InChI is InChI=1S/C37H26ClN3OS2/c38-28-21-19-27(20-22-28)37-24-34(30-23-26-13-7-8-16-31(26)39-36(30)43-29-14-5-2-6-15-29)44-33-18-10-9-17-32(33)41(37)35(40-42-37)25-11-3-1-4-12-25/h1-23,34H,24H2. The summed E-state index contributed by atoms with van der Waals surface area (Å²) >= 11 is 9.97. The first-order chi connectivity index (χ1) is 21.7. The lowest BCUT2D eigenvalue weighted by Crippen LogP contribution is -2.47. The molecule has 0 bridgehead atoms. The molecule has 3 heterocycles. The Bertz CT molecular complexity index is 2000. The molecule has 0 amide bonds. The van der Waals surface area contributed by atoms with Gasteiger partial charge in [0.2, 0.25) is 5.72 Å². The van der Waals surface area contributed by atoms with Crippen LogP contribution >= 0.6 is 35.1 Å². The molecule has 2 atom stereocenters. The molecule has 44 heavy (non-hydrogen) atoms. The second-order valence-corrected chi connectivity index (χ2v) is 13.5. The molecule has 2 aliphatic rings. The average Bonchev–Trinajstić information content (AvgIpc) is 3.38. The van der Waals surface area contributed by atoms with Crippen LogP contribution in [0.1, 0.15) is 28.4 Å². The van der Waals surface area contributed by atoms with Gasteiger partial charge < -0.3 is 4.84 Å². The van der Waals surface area contributed by atoms with Crippen LogP contribution in [0.2, 0.25) is 5.02 Å². The van der Waals surface area contributed by atoms with Gasteiger partial charge in [0.15, 0.2) is 5.84 Å². The van der Waals surface area contributed by atoms with Crippen LogP contribution in [0.4, 0.5) is 5.69 Å². The average molecular weight is 628 g/mol. The fourth-order valence-electron chi connectivity index (χ4n) is 5.98. The van der Waals surface area contributed by atoms with E-state index < -0.39 is 5.72 Å². The Kier molecular flexibility index (Phi) is 7.06. The maximum Gasteiger partial charge on any atom is 0.242 e. The molecule has 0 aliphatic carbocycles. The van der Waals surface area contributed by atoms with Crippen molar-refractivity contribution in [2.45, 2.75) is 32.2 Å². The molecule has 0 saturated heterocycles. The van der Waals surface area contributed by atoms with Gasteiger partial charge in [-0.2, -0.15) is 0 Å². The van der Waals surface area contributed by atoms with E-state index in [9.17, 15) is 0 Å². The van der Waals surface area contributed by atoms with Crippen LogP contribution in [-0.4, -0.2) is 10.8 Å². The number of amidine groups is 1. The van der Waals surface area contributed by atoms with E-state index in [2.05, 4.69) is 102 Å². The lowest BCUT2D eigenvalue weighted by atomic mass is 9.92. The summed E-state index contributed by atoms with van der Waals surface area (Å²) in [5, 5.41) is 7.59. The van der Waals surface area contributed by atoms with Gasteiger partial charge in [-0.15, -0.1) is 11.8 Å². The molecule has 2 aliphatic heterocycles. The van der Waals surface area contributed by atoms with E-state index in [4.69, 9.17) is 26.6 Å². The van der Waals surface area contributed by atoms with E-state index >= 15 is 0 Å². The Hall–Kier alpha value is -4.23. The lowest BCUT2D eigenvalue weighted by molar-refractivity contribution is -0.0284. The number of thioether (sulfide) groups is 1. The molecule has 7 heteroatoms. The Morgan fingerprint density at radius 3 is 2.32 bits per heavy atom. The minimum Gasteiger partial charge on any atom is -0.360 e. The second kappa shape index (κ2) is 11.4. The third-order valence-corrected chi connectivity index (χ3v) is 10.6. The number of nitrogens with zero attached hydrogens (tertiary/aromatic N) is 3. The van der Waals surface area contributed by atoms with Crippen molar-refractivity contribution < 1.29 is 4.84 Å². The van der Waals surface area contributed by atoms with Gasteiger partial charge in [0.25, 0.3) is 0 Å². The van der Waals surface area contributed by atoms with E-state index in [1.165, 1.54) is 5.56 Å². The van der Waals surface area contributed by atoms with Crippen LogP contribution in [0.15, 0.2) is 159 Å². The predicted octanol–water partition coefficient (Wildman–Crippen LogP) is 10.3. The molecule has 0 N–H and O–H groups in total. The molecule has 0 spiro atoms. The first-order valence-corrected chi connectivity index (χ1v) is 16.5. The van der Waals surface area contributed by atoms with Gasteiger partial charge in [0, 0.05) is 43.0 Å². The molecule has 0 fully saturated rings. The minimum absolute atomic E-state index is 0.00882. The van der Waals surface area contributed by atoms with Crippen LogP contribution < -0.4 is 4.90 Å². The third-order valence-electron chi connectivity index (χ3n) is 8.04. The summed E-state index contributed by atoms with van der Waals surface area (Å²) in [6, 6.07) is 47.9. The predicted molar refractivity (Wildman–Crippen MR) is 182 cm³/mol. The molecule has 4 nitrogen and oxygen atoms in total. The topological polar surface area (TPSA) is 37.7 Å².